The quantitative estimate of drug-likeness (QED) is 0.451. The van der Waals surface area contributed by atoms with E-state index in [2.05, 4.69) is 51.6 Å². The molecule has 8 nitrogen and oxygen atoms in total. The maximum Gasteiger partial charge on any atom is 0.216 e. The van der Waals surface area contributed by atoms with E-state index in [-0.39, 0.29) is 5.41 Å². The zero-order chi connectivity index (χ0) is 20.0. The van der Waals surface area contributed by atoms with Crippen LogP contribution in [0.3, 0.4) is 0 Å². The van der Waals surface area contributed by atoms with E-state index < -0.39 is 0 Å². The third-order valence-corrected chi connectivity index (χ3v) is 5.93. The van der Waals surface area contributed by atoms with Crippen LogP contribution in [0.15, 0.2) is 27.8 Å². The second kappa shape index (κ2) is 9.23. The molecular formula is C20H32N6O2. The average Bonchev–Trinajstić information content (AvgIpc) is 3.38. The summed E-state index contributed by atoms with van der Waals surface area (Å²) in [5.74, 6) is 2.87. The van der Waals surface area contributed by atoms with Gasteiger partial charge < -0.3 is 19.8 Å². The minimum absolute atomic E-state index is 0.177. The molecule has 0 bridgehead atoms. The predicted octanol–water partition coefficient (Wildman–Crippen LogP) is 2.76. The van der Waals surface area contributed by atoms with E-state index in [1.165, 1.54) is 0 Å². The first kappa shape index (κ1) is 20.4. The number of aromatic amines is 1. The average molecular weight is 389 g/mol. The fourth-order valence-electron chi connectivity index (χ4n) is 4.17. The number of nitrogens with zero attached hydrogens (tertiary/aromatic N) is 3. The van der Waals surface area contributed by atoms with E-state index in [9.17, 15) is 0 Å². The van der Waals surface area contributed by atoms with Crippen molar-refractivity contribution < 1.29 is 9.15 Å². The molecule has 2 aromatic rings. The minimum atomic E-state index is 0.177. The number of hydrogen-bond acceptors (Lipinski definition) is 5. The summed E-state index contributed by atoms with van der Waals surface area (Å²) >= 11 is 0. The van der Waals surface area contributed by atoms with Crippen molar-refractivity contribution in [1.29, 1.82) is 0 Å². The lowest BCUT2D eigenvalue weighted by Gasteiger charge is -2.55. The Bertz CT molecular complexity index is 751. The molecule has 2 heterocycles. The molecule has 1 aliphatic rings. The van der Waals surface area contributed by atoms with Gasteiger partial charge in [0.05, 0.1) is 12.4 Å². The first-order chi connectivity index (χ1) is 13.7. The Morgan fingerprint density at radius 3 is 2.86 bits per heavy atom. The fourth-order valence-corrected chi connectivity index (χ4v) is 4.17. The lowest BCUT2D eigenvalue weighted by molar-refractivity contribution is -0.133. The highest BCUT2D eigenvalue weighted by molar-refractivity contribution is 5.80. The smallest absolute Gasteiger partial charge is 0.216 e. The van der Waals surface area contributed by atoms with Crippen molar-refractivity contribution in [2.45, 2.75) is 58.6 Å². The molecule has 0 aromatic carbocycles. The number of aliphatic imine (C=N–C) groups is 1. The van der Waals surface area contributed by atoms with Gasteiger partial charge in [0, 0.05) is 38.1 Å². The molecule has 0 spiro atoms. The Balaban J connectivity index is 1.50. The number of guanidine groups is 1. The van der Waals surface area contributed by atoms with Crippen LogP contribution in [-0.2, 0) is 11.2 Å². The van der Waals surface area contributed by atoms with Crippen molar-refractivity contribution in [2.24, 2.45) is 10.4 Å². The summed E-state index contributed by atoms with van der Waals surface area (Å²) in [7, 11) is 1.80. The van der Waals surface area contributed by atoms with Crippen molar-refractivity contribution in [3.05, 3.63) is 24.2 Å². The van der Waals surface area contributed by atoms with Crippen molar-refractivity contribution in [1.82, 2.24) is 25.8 Å². The van der Waals surface area contributed by atoms with E-state index in [0.717, 1.165) is 37.7 Å². The molecule has 3 rings (SSSR count). The summed E-state index contributed by atoms with van der Waals surface area (Å²) in [6, 6.07) is 4.05. The van der Waals surface area contributed by atoms with Crippen molar-refractivity contribution >= 4 is 5.96 Å². The Morgan fingerprint density at radius 2 is 2.21 bits per heavy atom. The number of rotatable bonds is 9. The number of hydrogen-bond donors (Lipinski definition) is 3. The van der Waals surface area contributed by atoms with Crippen LogP contribution in [-0.4, -0.2) is 53.5 Å². The Kier molecular flexibility index (Phi) is 6.72. The first-order valence-corrected chi connectivity index (χ1v) is 10.2. The minimum Gasteiger partial charge on any atom is -0.461 e. The highest BCUT2D eigenvalue weighted by Crippen LogP contribution is 2.48. The molecule has 0 radical (unpaired) electrons. The van der Waals surface area contributed by atoms with Gasteiger partial charge in [-0.3, -0.25) is 10.1 Å². The number of furan rings is 1. The highest BCUT2D eigenvalue weighted by atomic mass is 16.5. The molecule has 2 unspecified atom stereocenters. The third kappa shape index (κ3) is 4.06. The van der Waals surface area contributed by atoms with E-state index in [1.54, 1.807) is 13.3 Å². The number of H-pyrrole nitrogens is 1. The van der Waals surface area contributed by atoms with Gasteiger partial charge >= 0.3 is 0 Å². The van der Waals surface area contributed by atoms with E-state index in [4.69, 9.17) is 9.15 Å². The SMILES string of the molecule is CCOC1CC(NC(=NC)NCCc2nc(-c3ccco3)n[nH]2)C1(CC)CC. The van der Waals surface area contributed by atoms with Gasteiger partial charge in [-0.1, -0.05) is 13.8 Å². The summed E-state index contributed by atoms with van der Waals surface area (Å²) in [6.45, 7) is 8.04. The topological polar surface area (TPSA) is 100 Å². The van der Waals surface area contributed by atoms with Crippen LogP contribution in [0, 0.1) is 5.41 Å². The van der Waals surface area contributed by atoms with Crippen LogP contribution in [0.25, 0.3) is 11.6 Å². The van der Waals surface area contributed by atoms with E-state index >= 15 is 0 Å². The first-order valence-electron chi connectivity index (χ1n) is 10.2. The Hall–Kier alpha value is -2.35. The largest absolute Gasteiger partial charge is 0.461 e. The third-order valence-electron chi connectivity index (χ3n) is 5.93. The number of ether oxygens (including phenoxy) is 1. The van der Waals surface area contributed by atoms with Gasteiger partial charge in [-0.2, -0.15) is 5.10 Å². The van der Waals surface area contributed by atoms with Crippen LogP contribution in [0.1, 0.15) is 45.9 Å². The maximum absolute atomic E-state index is 5.97. The maximum atomic E-state index is 5.97. The summed E-state index contributed by atoms with van der Waals surface area (Å²) in [4.78, 5) is 8.85. The second-order valence-electron chi connectivity index (χ2n) is 7.15. The molecule has 0 saturated heterocycles. The molecule has 154 valence electrons. The van der Waals surface area contributed by atoms with Gasteiger partial charge in [0.2, 0.25) is 5.82 Å². The number of aromatic nitrogens is 3. The van der Waals surface area contributed by atoms with E-state index in [0.29, 0.717) is 36.7 Å². The van der Waals surface area contributed by atoms with Crippen molar-refractivity contribution in [3.63, 3.8) is 0 Å². The van der Waals surface area contributed by atoms with Gasteiger partial charge in [-0.15, -0.1) is 0 Å². The second-order valence-corrected chi connectivity index (χ2v) is 7.15. The van der Waals surface area contributed by atoms with Gasteiger partial charge in [-0.25, -0.2) is 4.98 Å². The fraction of sp³-hybridized carbons (Fsp3) is 0.650. The molecule has 1 fully saturated rings. The molecule has 3 N–H and O–H groups in total. The molecule has 28 heavy (non-hydrogen) atoms. The van der Waals surface area contributed by atoms with Crippen LogP contribution in [0.4, 0.5) is 0 Å². The highest BCUT2D eigenvalue weighted by Gasteiger charge is 2.53. The summed E-state index contributed by atoms with van der Waals surface area (Å²) in [6.07, 6.45) is 5.87. The molecule has 0 amide bonds. The molecule has 0 aliphatic heterocycles. The summed E-state index contributed by atoms with van der Waals surface area (Å²) < 4.78 is 11.3. The molecule has 1 aliphatic carbocycles. The van der Waals surface area contributed by atoms with Crippen LogP contribution >= 0.6 is 0 Å². The predicted molar refractivity (Wildman–Crippen MR) is 109 cm³/mol. The summed E-state index contributed by atoms with van der Waals surface area (Å²) in [5.41, 5.74) is 0.177. The van der Waals surface area contributed by atoms with Gasteiger partial charge in [0.15, 0.2) is 11.7 Å². The Morgan fingerprint density at radius 1 is 1.39 bits per heavy atom. The normalized spacial score (nSPS) is 21.4. The number of nitrogens with one attached hydrogen (secondary N) is 3. The molecule has 2 aromatic heterocycles. The van der Waals surface area contributed by atoms with Crippen LogP contribution < -0.4 is 10.6 Å². The van der Waals surface area contributed by atoms with Crippen molar-refractivity contribution in [3.8, 4) is 11.6 Å². The zero-order valence-corrected chi connectivity index (χ0v) is 17.3. The van der Waals surface area contributed by atoms with Gasteiger partial charge in [-0.05, 0) is 38.3 Å². The van der Waals surface area contributed by atoms with Gasteiger partial charge in [0.25, 0.3) is 0 Å². The van der Waals surface area contributed by atoms with Crippen LogP contribution in [0.2, 0.25) is 0 Å². The molecule has 2 atom stereocenters. The molecule has 8 heteroatoms. The van der Waals surface area contributed by atoms with E-state index in [1.807, 2.05) is 12.1 Å². The Labute approximate surface area is 166 Å². The lowest BCUT2D eigenvalue weighted by Crippen LogP contribution is -2.65. The van der Waals surface area contributed by atoms with Crippen LogP contribution in [0.5, 0.6) is 0 Å². The van der Waals surface area contributed by atoms with Crippen molar-refractivity contribution in [2.75, 3.05) is 20.2 Å². The zero-order valence-electron chi connectivity index (χ0n) is 17.3. The molecule has 1 saturated carbocycles. The van der Waals surface area contributed by atoms with Gasteiger partial charge in [0.1, 0.15) is 5.82 Å². The summed E-state index contributed by atoms with van der Waals surface area (Å²) in [5, 5.41) is 14.1. The standard InChI is InChI=1S/C20H32N6O2/c1-5-20(6-2)15(13-16(20)27-7-3)23-19(21-4)22-11-10-17-24-18(26-25-17)14-9-8-12-28-14/h8-9,12,15-16H,5-7,10-11,13H2,1-4H3,(H2,21,22,23)(H,24,25,26). The molecular weight excluding hydrogens is 356 g/mol. The monoisotopic (exact) mass is 388 g/mol. The lowest BCUT2D eigenvalue weighted by atomic mass is 9.58.